The van der Waals surface area contributed by atoms with E-state index in [2.05, 4.69) is 15.1 Å². The average Bonchev–Trinajstić information content (AvgIpc) is 2.87. The van der Waals surface area contributed by atoms with Gasteiger partial charge < -0.3 is 9.30 Å². The highest BCUT2D eigenvalue weighted by molar-refractivity contribution is 5.84. The first-order chi connectivity index (χ1) is 12.4. The first-order valence-electron chi connectivity index (χ1n) is 8.14. The minimum absolute atomic E-state index is 0.0756. The maximum atomic E-state index is 12.0. The monoisotopic (exact) mass is 358 g/mol. The van der Waals surface area contributed by atoms with Crippen LogP contribution in [0.1, 0.15) is 22.5 Å². The highest BCUT2D eigenvalue weighted by Crippen LogP contribution is 2.18. The van der Waals surface area contributed by atoms with E-state index in [0.717, 1.165) is 23.5 Å². The first kappa shape index (κ1) is 19.3. The van der Waals surface area contributed by atoms with Crippen LogP contribution in [0.3, 0.4) is 0 Å². The number of benzene rings is 1. The Morgan fingerprint density at radius 3 is 2.81 bits per heavy atom. The SMILES string of the molecule is COCCn1c(C)cc(C=NNC(=O)Cc2ccccc2[N+](=O)[O-])c1C. The van der Waals surface area contributed by atoms with Gasteiger partial charge >= 0.3 is 0 Å². The Bertz CT molecular complexity index is 827. The molecule has 138 valence electrons. The highest BCUT2D eigenvalue weighted by Gasteiger charge is 2.15. The zero-order valence-corrected chi connectivity index (χ0v) is 15.1. The van der Waals surface area contributed by atoms with E-state index in [1.807, 2.05) is 19.9 Å². The fraction of sp³-hybridized carbons (Fsp3) is 0.333. The molecule has 1 heterocycles. The van der Waals surface area contributed by atoms with Crippen molar-refractivity contribution in [2.45, 2.75) is 26.8 Å². The van der Waals surface area contributed by atoms with Crippen molar-refractivity contribution in [2.24, 2.45) is 5.10 Å². The number of nitrogens with zero attached hydrogens (tertiary/aromatic N) is 3. The number of aryl methyl sites for hydroxylation is 1. The Morgan fingerprint density at radius 2 is 2.12 bits per heavy atom. The summed E-state index contributed by atoms with van der Waals surface area (Å²) in [7, 11) is 1.66. The Morgan fingerprint density at radius 1 is 1.38 bits per heavy atom. The number of nitrogens with one attached hydrogen (secondary N) is 1. The Hall–Kier alpha value is -3.00. The number of para-hydroxylation sites is 1. The largest absolute Gasteiger partial charge is 0.383 e. The van der Waals surface area contributed by atoms with Crippen LogP contribution in [0.2, 0.25) is 0 Å². The minimum atomic E-state index is -0.499. The summed E-state index contributed by atoms with van der Waals surface area (Å²) in [5.41, 5.74) is 5.69. The van der Waals surface area contributed by atoms with E-state index in [-0.39, 0.29) is 12.1 Å². The zero-order chi connectivity index (χ0) is 19.1. The van der Waals surface area contributed by atoms with Gasteiger partial charge in [-0.05, 0) is 19.9 Å². The van der Waals surface area contributed by atoms with Crippen LogP contribution in [0.25, 0.3) is 0 Å². The lowest BCUT2D eigenvalue weighted by Gasteiger charge is -2.08. The summed E-state index contributed by atoms with van der Waals surface area (Å²) in [5.74, 6) is -0.413. The number of methoxy groups -OCH3 is 1. The number of rotatable bonds is 8. The van der Waals surface area contributed by atoms with Crippen LogP contribution < -0.4 is 5.43 Å². The molecule has 1 aromatic heterocycles. The summed E-state index contributed by atoms with van der Waals surface area (Å²) >= 11 is 0. The van der Waals surface area contributed by atoms with E-state index in [4.69, 9.17) is 4.74 Å². The lowest BCUT2D eigenvalue weighted by Crippen LogP contribution is -2.20. The number of carbonyl (C=O) groups excluding carboxylic acids is 1. The molecule has 1 amide bonds. The number of ether oxygens (including phenoxy) is 1. The average molecular weight is 358 g/mol. The molecule has 1 aromatic carbocycles. The topological polar surface area (TPSA) is 98.8 Å². The highest BCUT2D eigenvalue weighted by atomic mass is 16.6. The summed E-state index contributed by atoms with van der Waals surface area (Å²) in [5, 5.41) is 15.0. The van der Waals surface area contributed by atoms with Gasteiger partial charge in [-0.25, -0.2) is 5.43 Å². The number of amides is 1. The molecule has 8 heteroatoms. The second-order valence-electron chi connectivity index (χ2n) is 5.83. The molecule has 0 saturated carbocycles. The molecule has 0 aliphatic rings. The maximum Gasteiger partial charge on any atom is 0.273 e. The molecule has 0 fully saturated rings. The number of hydrogen-bond donors (Lipinski definition) is 1. The van der Waals surface area contributed by atoms with Crippen molar-refractivity contribution < 1.29 is 14.5 Å². The van der Waals surface area contributed by atoms with Crippen molar-refractivity contribution in [1.29, 1.82) is 0 Å². The number of aromatic nitrogens is 1. The third-order valence-corrected chi connectivity index (χ3v) is 4.06. The zero-order valence-electron chi connectivity index (χ0n) is 15.1. The van der Waals surface area contributed by atoms with E-state index in [9.17, 15) is 14.9 Å². The predicted molar refractivity (Wildman–Crippen MR) is 98.3 cm³/mol. The quantitative estimate of drug-likeness (QED) is 0.445. The molecule has 0 spiro atoms. The molecule has 0 aliphatic carbocycles. The van der Waals surface area contributed by atoms with Gasteiger partial charge in [0, 0.05) is 42.2 Å². The summed E-state index contributed by atoms with van der Waals surface area (Å²) < 4.78 is 7.21. The Labute approximate surface area is 151 Å². The normalized spacial score (nSPS) is 11.0. The van der Waals surface area contributed by atoms with Crippen LogP contribution in [0, 0.1) is 24.0 Å². The molecule has 2 aromatic rings. The molecule has 0 bridgehead atoms. The third-order valence-electron chi connectivity index (χ3n) is 4.06. The van der Waals surface area contributed by atoms with E-state index < -0.39 is 10.8 Å². The summed E-state index contributed by atoms with van der Waals surface area (Å²) in [6.07, 6.45) is 1.46. The van der Waals surface area contributed by atoms with Crippen LogP contribution >= 0.6 is 0 Å². The number of nitro benzene ring substituents is 1. The molecule has 0 saturated heterocycles. The van der Waals surface area contributed by atoms with Gasteiger partial charge in [0.2, 0.25) is 5.91 Å². The predicted octanol–water partition coefficient (Wildman–Crippen LogP) is 2.35. The van der Waals surface area contributed by atoms with Crippen molar-refractivity contribution in [3.63, 3.8) is 0 Å². The lowest BCUT2D eigenvalue weighted by atomic mass is 10.1. The van der Waals surface area contributed by atoms with Gasteiger partial charge in [0.05, 0.1) is 24.2 Å². The summed E-state index contributed by atoms with van der Waals surface area (Å²) in [4.78, 5) is 22.5. The van der Waals surface area contributed by atoms with Crippen LogP contribution in [-0.2, 0) is 22.5 Å². The molecule has 26 heavy (non-hydrogen) atoms. The van der Waals surface area contributed by atoms with E-state index in [1.54, 1.807) is 31.5 Å². The second-order valence-corrected chi connectivity index (χ2v) is 5.83. The molecule has 0 unspecified atom stereocenters. The van der Waals surface area contributed by atoms with Crippen molar-refractivity contribution in [3.05, 3.63) is 63.0 Å². The number of nitro groups is 1. The number of hydrogen-bond acceptors (Lipinski definition) is 5. The fourth-order valence-electron chi connectivity index (χ4n) is 2.71. The van der Waals surface area contributed by atoms with Gasteiger partial charge in [-0.3, -0.25) is 14.9 Å². The van der Waals surface area contributed by atoms with E-state index >= 15 is 0 Å². The van der Waals surface area contributed by atoms with Crippen LogP contribution in [0.5, 0.6) is 0 Å². The van der Waals surface area contributed by atoms with Crippen molar-refractivity contribution in [3.8, 4) is 0 Å². The van der Waals surface area contributed by atoms with Crippen LogP contribution in [0.15, 0.2) is 35.4 Å². The Balaban J connectivity index is 2.01. The maximum absolute atomic E-state index is 12.0. The fourth-order valence-corrected chi connectivity index (χ4v) is 2.71. The minimum Gasteiger partial charge on any atom is -0.383 e. The van der Waals surface area contributed by atoms with Crippen molar-refractivity contribution >= 4 is 17.8 Å². The standard InChI is InChI=1S/C18H22N4O4/c1-13-10-16(14(2)21(13)8-9-26-3)12-19-20-18(23)11-15-6-4-5-7-17(15)22(24)25/h4-7,10,12H,8-9,11H2,1-3H3,(H,20,23). The molecule has 0 atom stereocenters. The molecule has 0 aliphatic heterocycles. The van der Waals surface area contributed by atoms with Gasteiger partial charge in [0.25, 0.3) is 5.69 Å². The lowest BCUT2D eigenvalue weighted by molar-refractivity contribution is -0.385. The van der Waals surface area contributed by atoms with Gasteiger partial charge in [-0.15, -0.1) is 0 Å². The van der Waals surface area contributed by atoms with Gasteiger partial charge in [0.1, 0.15) is 0 Å². The van der Waals surface area contributed by atoms with Gasteiger partial charge in [-0.1, -0.05) is 18.2 Å². The molecular formula is C18H22N4O4. The van der Waals surface area contributed by atoms with Crippen molar-refractivity contribution in [1.82, 2.24) is 9.99 Å². The van der Waals surface area contributed by atoms with Crippen molar-refractivity contribution in [2.75, 3.05) is 13.7 Å². The molecular weight excluding hydrogens is 336 g/mol. The smallest absolute Gasteiger partial charge is 0.273 e. The molecule has 2 rings (SSSR count). The number of carbonyl (C=O) groups is 1. The summed E-state index contributed by atoms with van der Waals surface area (Å²) in [6, 6.07) is 8.14. The van der Waals surface area contributed by atoms with Crippen LogP contribution in [-0.4, -0.2) is 35.3 Å². The molecule has 0 radical (unpaired) electrons. The first-order valence-corrected chi connectivity index (χ1v) is 8.14. The third kappa shape index (κ3) is 4.76. The van der Waals surface area contributed by atoms with Gasteiger partial charge in [-0.2, -0.15) is 5.10 Å². The summed E-state index contributed by atoms with van der Waals surface area (Å²) in [6.45, 7) is 5.32. The number of hydrazone groups is 1. The van der Waals surface area contributed by atoms with E-state index in [0.29, 0.717) is 12.2 Å². The van der Waals surface area contributed by atoms with E-state index in [1.165, 1.54) is 6.07 Å². The Kier molecular flexibility index (Phi) is 6.62. The van der Waals surface area contributed by atoms with Crippen LogP contribution in [0.4, 0.5) is 5.69 Å². The molecule has 8 nitrogen and oxygen atoms in total. The molecule has 1 N–H and O–H groups in total. The van der Waals surface area contributed by atoms with Gasteiger partial charge in [0.15, 0.2) is 0 Å². The second kappa shape index (κ2) is 8.91.